The van der Waals surface area contributed by atoms with Crippen molar-refractivity contribution >= 4 is 5.82 Å². The molecular formula is C20H24N4O. The maximum Gasteiger partial charge on any atom is 0.128 e. The van der Waals surface area contributed by atoms with E-state index >= 15 is 0 Å². The first-order chi connectivity index (χ1) is 12.3. The van der Waals surface area contributed by atoms with Gasteiger partial charge in [0.05, 0.1) is 11.6 Å². The molecule has 1 fully saturated rings. The third-order valence-corrected chi connectivity index (χ3v) is 4.72. The van der Waals surface area contributed by atoms with E-state index in [-0.39, 0.29) is 0 Å². The first-order valence-electron chi connectivity index (χ1n) is 8.79. The van der Waals surface area contributed by atoms with E-state index in [2.05, 4.69) is 33.4 Å². The number of nitriles is 1. The van der Waals surface area contributed by atoms with E-state index in [1.54, 1.807) is 0 Å². The molecule has 1 aliphatic heterocycles. The molecule has 0 amide bonds. The molecule has 0 saturated carbocycles. The zero-order valence-electron chi connectivity index (χ0n) is 14.4. The summed E-state index contributed by atoms with van der Waals surface area (Å²) in [5, 5.41) is 21.5. The Balaban J connectivity index is 1.48. The smallest absolute Gasteiger partial charge is 0.128 e. The largest absolute Gasteiger partial charge is 0.396 e. The minimum absolute atomic E-state index is 0.295. The molecule has 3 rings (SSSR count). The molecule has 0 unspecified atom stereocenters. The van der Waals surface area contributed by atoms with Crippen molar-refractivity contribution in [2.24, 2.45) is 5.92 Å². The molecule has 1 aromatic heterocycles. The fourth-order valence-electron chi connectivity index (χ4n) is 3.15. The van der Waals surface area contributed by atoms with Gasteiger partial charge in [0.1, 0.15) is 5.82 Å². The number of benzene rings is 1. The lowest BCUT2D eigenvalue weighted by atomic mass is 9.98. The molecule has 0 atom stereocenters. The highest BCUT2D eigenvalue weighted by Crippen LogP contribution is 2.21. The van der Waals surface area contributed by atoms with Crippen molar-refractivity contribution in [3.63, 3.8) is 0 Å². The number of pyridine rings is 1. The SMILES string of the molecule is N#Cc1cccc(CNCc2ccc(N3CCC(CO)CC3)nc2)c1. The third kappa shape index (κ3) is 4.79. The second-order valence-corrected chi connectivity index (χ2v) is 6.55. The van der Waals surface area contributed by atoms with Gasteiger partial charge in [0.25, 0.3) is 0 Å². The Kier molecular flexibility index (Phi) is 5.99. The standard InChI is InChI=1S/C20H24N4O/c21-11-17-2-1-3-18(10-17)12-22-13-19-4-5-20(23-14-19)24-8-6-16(15-25)7-9-24/h1-5,10,14,16,22,25H,6-9,12-13,15H2. The summed E-state index contributed by atoms with van der Waals surface area (Å²) in [6.45, 7) is 3.70. The number of piperidine rings is 1. The van der Waals surface area contributed by atoms with Crippen LogP contribution in [0.5, 0.6) is 0 Å². The van der Waals surface area contributed by atoms with Crippen molar-refractivity contribution in [3.8, 4) is 6.07 Å². The average molecular weight is 336 g/mol. The molecule has 0 spiro atoms. The van der Waals surface area contributed by atoms with Crippen LogP contribution in [-0.2, 0) is 13.1 Å². The first-order valence-corrected chi connectivity index (χ1v) is 8.79. The van der Waals surface area contributed by atoms with Gasteiger partial charge in [0.15, 0.2) is 0 Å². The molecule has 1 aliphatic rings. The maximum absolute atomic E-state index is 9.22. The van der Waals surface area contributed by atoms with Gasteiger partial charge in [0.2, 0.25) is 0 Å². The van der Waals surface area contributed by atoms with Crippen LogP contribution in [0.25, 0.3) is 0 Å². The van der Waals surface area contributed by atoms with Crippen molar-refractivity contribution in [1.29, 1.82) is 5.26 Å². The van der Waals surface area contributed by atoms with Gasteiger partial charge in [-0.05, 0) is 48.1 Å². The van der Waals surface area contributed by atoms with Gasteiger partial charge in [0, 0.05) is 39.0 Å². The van der Waals surface area contributed by atoms with Crippen LogP contribution in [0.3, 0.4) is 0 Å². The topological polar surface area (TPSA) is 72.2 Å². The molecule has 2 heterocycles. The summed E-state index contributed by atoms with van der Waals surface area (Å²) >= 11 is 0. The summed E-state index contributed by atoms with van der Waals surface area (Å²) in [5.41, 5.74) is 2.94. The lowest BCUT2D eigenvalue weighted by molar-refractivity contribution is 0.203. The number of aliphatic hydroxyl groups is 1. The van der Waals surface area contributed by atoms with Gasteiger partial charge in [-0.1, -0.05) is 18.2 Å². The molecule has 0 aliphatic carbocycles. The number of aliphatic hydroxyl groups excluding tert-OH is 1. The molecular weight excluding hydrogens is 312 g/mol. The Morgan fingerprint density at radius 2 is 1.96 bits per heavy atom. The van der Waals surface area contributed by atoms with E-state index in [1.165, 1.54) is 0 Å². The van der Waals surface area contributed by atoms with Crippen molar-refractivity contribution in [2.45, 2.75) is 25.9 Å². The fourth-order valence-corrected chi connectivity index (χ4v) is 3.15. The number of anilines is 1. The lowest BCUT2D eigenvalue weighted by Gasteiger charge is -2.32. The molecule has 1 saturated heterocycles. The zero-order chi connectivity index (χ0) is 17.5. The first kappa shape index (κ1) is 17.4. The Hall–Kier alpha value is -2.42. The molecule has 5 nitrogen and oxygen atoms in total. The maximum atomic E-state index is 9.22. The van der Waals surface area contributed by atoms with Crippen molar-refractivity contribution < 1.29 is 5.11 Å². The molecule has 5 heteroatoms. The molecule has 2 aromatic rings. The second-order valence-electron chi connectivity index (χ2n) is 6.55. The van der Waals surface area contributed by atoms with Gasteiger partial charge in [-0.15, -0.1) is 0 Å². The van der Waals surface area contributed by atoms with E-state index in [4.69, 9.17) is 5.26 Å². The highest BCUT2D eigenvalue weighted by molar-refractivity contribution is 5.39. The van der Waals surface area contributed by atoms with E-state index in [9.17, 15) is 5.11 Å². The van der Waals surface area contributed by atoms with Gasteiger partial charge in [-0.3, -0.25) is 0 Å². The molecule has 0 radical (unpaired) electrons. The van der Waals surface area contributed by atoms with Crippen molar-refractivity contribution in [3.05, 3.63) is 59.3 Å². The van der Waals surface area contributed by atoms with E-state index < -0.39 is 0 Å². The van der Waals surface area contributed by atoms with Crippen LogP contribution in [-0.4, -0.2) is 29.8 Å². The van der Waals surface area contributed by atoms with Crippen LogP contribution in [0, 0.1) is 17.2 Å². The van der Waals surface area contributed by atoms with E-state index in [0.717, 1.165) is 56.0 Å². The summed E-state index contributed by atoms with van der Waals surface area (Å²) in [5.74, 6) is 1.46. The van der Waals surface area contributed by atoms with Crippen molar-refractivity contribution in [1.82, 2.24) is 10.3 Å². The van der Waals surface area contributed by atoms with Crippen LogP contribution >= 0.6 is 0 Å². The van der Waals surface area contributed by atoms with Crippen LogP contribution in [0.1, 0.15) is 29.5 Å². The van der Waals surface area contributed by atoms with Gasteiger partial charge in [-0.25, -0.2) is 4.98 Å². The number of hydrogen-bond donors (Lipinski definition) is 2. The lowest BCUT2D eigenvalue weighted by Crippen LogP contribution is -2.35. The monoisotopic (exact) mass is 336 g/mol. The van der Waals surface area contributed by atoms with Crippen LogP contribution in [0.4, 0.5) is 5.82 Å². The number of nitrogens with zero attached hydrogens (tertiary/aromatic N) is 3. The Morgan fingerprint density at radius 1 is 1.16 bits per heavy atom. The van der Waals surface area contributed by atoms with Gasteiger partial charge in [-0.2, -0.15) is 5.26 Å². The molecule has 0 bridgehead atoms. The van der Waals surface area contributed by atoms with E-state index in [0.29, 0.717) is 18.1 Å². The third-order valence-electron chi connectivity index (χ3n) is 4.72. The van der Waals surface area contributed by atoms with Gasteiger partial charge < -0.3 is 15.3 Å². The summed E-state index contributed by atoms with van der Waals surface area (Å²) in [6.07, 6.45) is 3.98. The zero-order valence-corrected chi connectivity index (χ0v) is 14.4. The summed E-state index contributed by atoms with van der Waals surface area (Å²) in [7, 11) is 0. The normalized spacial score (nSPS) is 15.1. The summed E-state index contributed by atoms with van der Waals surface area (Å²) in [6, 6.07) is 14.0. The average Bonchev–Trinajstić information content (AvgIpc) is 2.69. The Morgan fingerprint density at radius 3 is 2.64 bits per heavy atom. The number of aromatic nitrogens is 1. The summed E-state index contributed by atoms with van der Waals surface area (Å²) in [4.78, 5) is 6.88. The Labute approximate surface area is 148 Å². The predicted octanol–water partition coefficient (Wildman–Crippen LogP) is 2.45. The predicted molar refractivity (Wildman–Crippen MR) is 98.0 cm³/mol. The quantitative estimate of drug-likeness (QED) is 0.848. The van der Waals surface area contributed by atoms with Crippen molar-refractivity contribution in [2.75, 3.05) is 24.6 Å². The second kappa shape index (κ2) is 8.61. The Bertz CT molecular complexity index is 715. The van der Waals surface area contributed by atoms with E-state index in [1.807, 2.05) is 30.5 Å². The molecule has 25 heavy (non-hydrogen) atoms. The minimum atomic E-state index is 0.295. The highest BCUT2D eigenvalue weighted by atomic mass is 16.3. The minimum Gasteiger partial charge on any atom is -0.396 e. The van der Waals surface area contributed by atoms with Crippen LogP contribution in [0.15, 0.2) is 42.6 Å². The molecule has 130 valence electrons. The fraction of sp³-hybridized carbons (Fsp3) is 0.400. The number of nitrogens with one attached hydrogen (secondary N) is 1. The number of rotatable bonds is 6. The van der Waals surface area contributed by atoms with Crippen LogP contribution < -0.4 is 10.2 Å². The summed E-state index contributed by atoms with van der Waals surface area (Å²) < 4.78 is 0. The molecule has 2 N–H and O–H groups in total. The number of hydrogen-bond acceptors (Lipinski definition) is 5. The van der Waals surface area contributed by atoms with Gasteiger partial charge >= 0.3 is 0 Å². The highest BCUT2D eigenvalue weighted by Gasteiger charge is 2.19. The molecule has 1 aromatic carbocycles. The van der Waals surface area contributed by atoms with Crippen LogP contribution in [0.2, 0.25) is 0 Å².